The molecule has 0 aromatic heterocycles. The number of nitro benzene ring substituents is 1. The van der Waals surface area contributed by atoms with Crippen LogP contribution in [0.5, 0.6) is 0 Å². The van der Waals surface area contributed by atoms with Gasteiger partial charge in [-0.2, -0.15) is 0 Å². The Kier molecular flexibility index (Phi) is 2.49. The second-order valence-corrected chi connectivity index (χ2v) is 2.30. The van der Waals surface area contributed by atoms with Gasteiger partial charge in [-0.25, -0.2) is 0 Å². The van der Waals surface area contributed by atoms with Crippen LogP contribution in [-0.2, 0) is 0 Å². The maximum absolute atomic E-state index is 10.4. The van der Waals surface area contributed by atoms with Gasteiger partial charge in [0.15, 0.2) is 6.29 Å². The summed E-state index contributed by atoms with van der Waals surface area (Å²) in [6, 6.07) is 4.10. The molecule has 0 saturated carbocycles. The van der Waals surface area contributed by atoms with E-state index in [9.17, 15) is 14.9 Å². The summed E-state index contributed by atoms with van der Waals surface area (Å²) in [7, 11) is 0. The van der Waals surface area contributed by atoms with Crippen molar-refractivity contribution in [3.05, 3.63) is 39.4 Å². The Morgan fingerprint density at radius 3 is 2.62 bits per heavy atom. The molecule has 0 amide bonds. The Morgan fingerprint density at radius 2 is 2.15 bits per heavy atom. The Labute approximate surface area is 73.7 Å². The molecule has 0 atom stereocenters. The Hall–Kier alpha value is -2.04. The molecule has 5 heteroatoms. The van der Waals surface area contributed by atoms with Crippen molar-refractivity contribution in [1.29, 1.82) is 5.41 Å². The van der Waals surface area contributed by atoms with E-state index in [1.165, 1.54) is 18.2 Å². The average molecular weight is 178 g/mol. The topological polar surface area (TPSA) is 84.1 Å². The highest BCUT2D eigenvalue weighted by molar-refractivity contribution is 5.95. The summed E-state index contributed by atoms with van der Waals surface area (Å²) in [6.45, 7) is 0. The summed E-state index contributed by atoms with van der Waals surface area (Å²) < 4.78 is 0. The molecule has 0 heterocycles. The molecule has 0 aliphatic rings. The molecule has 0 aliphatic carbocycles. The van der Waals surface area contributed by atoms with Crippen molar-refractivity contribution in [2.24, 2.45) is 0 Å². The molecule has 0 aliphatic heterocycles. The quantitative estimate of drug-likeness (QED) is 0.328. The predicted molar refractivity (Wildman–Crippen MR) is 46.4 cm³/mol. The lowest BCUT2D eigenvalue weighted by Crippen LogP contribution is -1.98. The molecule has 0 radical (unpaired) electrons. The van der Waals surface area contributed by atoms with Crippen molar-refractivity contribution in [1.82, 2.24) is 0 Å². The fraction of sp³-hybridized carbons (Fsp3) is 0. The zero-order valence-corrected chi connectivity index (χ0v) is 6.56. The highest BCUT2D eigenvalue weighted by Crippen LogP contribution is 2.18. The van der Waals surface area contributed by atoms with Gasteiger partial charge in [0.05, 0.1) is 10.5 Å². The first-order chi connectivity index (χ1) is 6.20. The van der Waals surface area contributed by atoms with Crippen LogP contribution in [0.15, 0.2) is 18.2 Å². The summed E-state index contributed by atoms with van der Waals surface area (Å²) in [5.41, 5.74) is -0.0219. The minimum absolute atomic E-state index is 0.0440. The van der Waals surface area contributed by atoms with Crippen LogP contribution in [0.2, 0.25) is 0 Å². The van der Waals surface area contributed by atoms with Gasteiger partial charge in [0.1, 0.15) is 0 Å². The number of carbonyl (C=O) groups is 1. The van der Waals surface area contributed by atoms with Gasteiger partial charge in [-0.3, -0.25) is 14.9 Å². The van der Waals surface area contributed by atoms with Gasteiger partial charge in [0, 0.05) is 17.8 Å². The molecule has 0 fully saturated rings. The average Bonchev–Trinajstić information content (AvgIpc) is 2.16. The monoisotopic (exact) mass is 178 g/mol. The van der Waals surface area contributed by atoms with E-state index in [2.05, 4.69) is 0 Å². The van der Waals surface area contributed by atoms with Gasteiger partial charge in [0.25, 0.3) is 5.69 Å². The lowest BCUT2D eigenvalue weighted by molar-refractivity contribution is -0.385. The molecule has 0 unspecified atom stereocenters. The van der Waals surface area contributed by atoms with Crippen molar-refractivity contribution in [2.75, 3.05) is 0 Å². The summed E-state index contributed by atoms with van der Waals surface area (Å²) in [4.78, 5) is 20.3. The first-order valence-corrected chi connectivity index (χ1v) is 3.43. The van der Waals surface area contributed by atoms with Crippen molar-refractivity contribution in [3.8, 4) is 0 Å². The van der Waals surface area contributed by atoms with E-state index in [1.54, 1.807) is 0 Å². The van der Waals surface area contributed by atoms with Crippen LogP contribution < -0.4 is 0 Å². The normalized spacial score (nSPS) is 9.23. The minimum atomic E-state index is -0.618. The van der Waals surface area contributed by atoms with E-state index in [1.807, 2.05) is 0 Å². The number of hydrogen-bond donors (Lipinski definition) is 1. The van der Waals surface area contributed by atoms with Gasteiger partial charge in [0.2, 0.25) is 0 Å². The van der Waals surface area contributed by atoms with E-state index < -0.39 is 4.92 Å². The van der Waals surface area contributed by atoms with Gasteiger partial charge in [-0.15, -0.1) is 0 Å². The fourth-order valence-corrected chi connectivity index (χ4v) is 0.990. The molecule has 13 heavy (non-hydrogen) atoms. The van der Waals surface area contributed by atoms with Crippen LogP contribution in [0.25, 0.3) is 0 Å². The molecular weight excluding hydrogens is 172 g/mol. The number of hydrogen-bond acceptors (Lipinski definition) is 4. The fourth-order valence-electron chi connectivity index (χ4n) is 0.990. The second kappa shape index (κ2) is 3.57. The standard InChI is InChI=1S/C8H6N2O3/c9-4-7-6(5-11)2-1-3-8(7)10(12)13/h1-5,9H. The molecule has 1 rings (SSSR count). The van der Waals surface area contributed by atoms with Gasteiger partial charge in [-0.1, -0.05) is 12.1 Å². The summed E-state index contributed by atoms with van der Waals surface area (Å²) >= 11 is 0. The first-order valence-electron chi connectivity index (χ1n) is 3.43. The third-order valence-corrected chi connectivity index (χ3v) is 1.58. The lowest BCUT2D eigenvalue weighted by atomic mass is 10.1. The van der Waals surface area contributed by atoms with E-state index in [0.717, 1.165) is 6.21 Å². The highest BCUT2D eigenvalue weighted by atomic mass is 16.6. The Bertz CT molecular complexity index is 374. The summed E-state index contributed by atoms with van der Waals surface area (Å²) in [5.74, 6) is 0. The van der Waals surface area contributed by atoms with E-state index >= 15 is 0 Å². The van der Waals surface area contributed by atoms with E-state index in [4.69, 9.17) is 5.41 Å². The van der Waals surface area contributed by atoms with Crippen molar-refractivity contribution in [3.63, 3.8) is 0 Å². The van der Waals surface area contributed by atoms with Crippen LogP contribution in [0, 0.1) is 15.5 Å². The number of carbonyl (C=O) groups excluding carboxylic acids is 1. The largest absolute Gasteiger partial charge is 0.308 e. The van der Waals surface area contributed by atoms with Crippen molar-refractivity contribution < 1.29 is 9.72 Å². The third-order valence-electron chi connectivity index (χ3n) is 1.58. The molecule has 0 bridgehead atoms. The molecule has 0 saturated heterocycles. The number of rotatable bonds is 3. The van der Waals surface area contributed by atoms with Gasteiger partial charge >= 0.3 is 0 Å². The molecule has 1 N–H and O–H groups in total. The zero-order chi connectivity index (χ0) is 9.84. The minimum Gasteiger partial charge on any atom is -0.308 e. The molecule has 5 nitrogen and oxygen atoms in total. The van der Waals surface area contributed by atoms with Crippen LogP contribution in [-0.4, -0.2) is 17.4 Å². The van der Waals surface area contributed by atoms with Crippen LogP contribution in [0.4, 0.5) is 5.69 Å². The van der Waals surface area contributed by atoms with Gasteiger partial charge in [-0.05, 0) is 0 Å². The lowest BCUT2D eigenvalue weighted by Gasteiger charge is -1.98. The summed E-state index contributed by atoms with van der Waals surface area (Å²) in [6.07, 6.45) is 1.30. The zero-order valence-electron chi connectivity index (χ0n) is 6.56. The predicted octanol–water partition coefficient (Wildman–Crippen LogP) is 1.40. The molecule has 1 aromatic carbocycles. The first kappa shape index (κ1) is 9.05. The number of nitrogens with zero attached hydrogens (tertiary/aromatic N) is 1. The van der Waals surface area contributed by atoms with Gasteiger partial charge < -0.3 is 5.41 Å². The van der Waals surface area contributed by atoms with E-state index in [-0.39, 0.29) is 16.8 Å². The van der Waals surface area contributed by atoms with Crippen molar-refractivity contribution in [2.45, 2.75) is 0 Å². The molecule has 66 valence electrons. The van der Waals surface area contributed by atoms with E-state index in [0.29, 0.717) is 6.29 Å². The smallest absolute Gasteiger partial charge is 0.278 e. The van der Waals surface area contributed by atoms with Crippen LogP contribution in [0.3, 0.4) is 0 Å². The van der Waals surface area contributed by atoms with Crippen molar-refractivity contribution >= 4 is 18.2 Å². The summed E-state index contributed by atoms with van der Waals surface area (Å²) in [5, 5.41) is 17.4. The third kappa shape index (κ3) is 1.58. The number of nitrogens with one attached hydrogen (secondary N) is 1. The number of benzene rings is 1. The highest BCUT2D eigenvalue weighted by Gasteiger charge is 2.14. The second-order valence-electron chi connectivity index (χ2n) is 2.30. The van der Waals surface area contributed by atoms with Crippen LogP contribution >= 0.6 is 0 Å². The number of nitro groups is 1. The SMILES string of the molecule is N=Cc1c(C=O)cccc1[N+](=O)[O-]. The van der Waals surface area contributed by atoms with Crippen LogP contribution in [0.1, 0.15) is 15.9 Å². The number of aldehydes is 1. The molecule has 1 aromatic rings. The Morgan fingerprint density at radius 1 is 1.46 bits per heavy atom. The maximum Gasteiger partial charge on any atom is 0.278 e. The molecule has 0 spiro atoms. The maximum atomic E-state index is 10.4. The Balaban J connectivity index is 3.43. The molecular formula is C8H6N2O3.